The van der Waals surface area contributed by atoms with Crippen LogP contribution in [0.1, 0.15) is 38.5 Å². The van der Waals surface area contributed by atoms with Crippen LogP contribution in [0.2, 0.25) is 0 Å². The van der Waals surface area contributed by atoms with Gasteiger partial charge in [0.25, 0.3) is 0 Å². The van der Waals surface area contributed by atoms with Gasteiger partial charge in [-0.1, -0.05) is 19.3 Å². The first kappa shape index (κ1) is 14.4. The first-order chi connectivity index (χ1) is 9.49. The van der Waals surface area contributed by atoms with Crippen molar-refractivity contribution < 1.29 is 14.7 Å². The van der Waals surface area contributed by atoms with Gasteiger partial charge >= 0.3 is 12.0 Å². The molecule has 1 saturated carbocycles. The van der Waals surface area contributed by atoms with Gasteiger partial charge in [0.05, 0.1) is 23.8 Å². The average molecular weight is 280 g/mol. The number of aliphatic carboxylic acids is 1. The molecule has 1 heterocycles. The number of hydrogen-bond donors (Lipinski definition) is 3. The smallest absolute Gasteiger partial charge is 0.319 e. The highest BCUT2D eigenvalue weighted by atomic mass is 16.4. The van der Waals surface area contributed by atoms with E-state index in [1.165, 1.54) is 0 Å². The Kier molecular flexibility index (Phi) is 4.26. The zero-order valence-electron chi connectivity index (χ0n) is 11.6. The summed E-state index contributed by atoms with van der Waals surface area (Å²) in [6.45, 7) is 0. The predicted octanol–water partition coefficient (Wildman–Crippen LogP) is 1.72. The number of nitrogens with one attached hydrogen (secondary N) is 2. The molecular formula is C13H20N4O3. The molecule has 1 aromatic rings. The molecule has 0 unspecified atom stereocenters. The van der Waals surface area contributed by atoms with Gasteiger partial charge in [-0.05, 0) is 12.8 Å². The van der Waals surface area contributed by atoms with E-state index in [2.05, 4.69) is 15.7 Å². The third kappa shape index (κ3) is 3.72. The van der Waals surface area contributed by atoms with Crippen molar-refractivity contribution in [2.24, 2.45) is 7.05 Å². The molecular weight excluding hydrogens is 260 g/mol. The van der Waals surface area contributed by atoms with Gasteiger partial charge in [0.15, 0.2) is 0 Å². The van der Waals surface area contributed by atoms with Crippen LogP contribution in [0.25, 0.3) is 0 Å². The van der Waals surface area contributed by atoms with Gasteiger partial charge in [-0.2, -0.15) is 5.10 Å². The summed E-state index contributed by atoms with van der Waals surface area (Å²) in [5.74, 6) is -0.881. The minimum absolute atomic E-state index is 0.0343. The summed E-state index contributed by atoms with van der Waals surface area (Å²) in [7, 11) is 1.76. The summed E-state index contributed by atoms with van der Waals surface area (Å²) >= 11 is 0. The average Bonchev–Trinajstić information content (AvgIpc) is 2.74. The van der Waals surface area contributed by atoms with Gasteiger partial charge in [0.1, 0.15) is 0 Å². The van der Waals surface area contributed by atoms with Crippen LogP contribution in [-0.4, -0.2) is 32.4 Å². The summed E-state index contributed by atoms with van der Waals surface area (Å²) in [5.41, 5.74) is -0.0394. The lowest BCUT2D eigenvalue weighted by atomic mass is 9.79. The molecule has 1 aliphatic carbocycles. The Labute approximate surface area is 117 Å². The second-order valence-corrected chi connectivity index (χ2v) is 5.39. The summed E-state index contributed by atoms with van der Waals surface area (Å²) in [6, 6.07) is -0.374. The molecule has 0 saturated heterocycles. The Balaban J connectivity index is 1.99. The Morgan fingerprint density at radius 1 is 1.40 bits per heavy atom. The van der Waals surface area contributed by atoms with Crippen molar-refractivity contribution in [2.75, 3.05) is 5.32 Å². The first-order valence-corrected chi connectivity index (χ1v) is 6.79. The van der Waals surface area contributed by atoms with Crippen LogP contribution < -0.4 is 10.6 Å². The van der Waals surface area contributed by atoms with Crippen LogP contribution in [-0.2, 0) is 11.8 Å². The number of urea groups is 1. The molecule has 0 atom stereocenters. The second-order valence-electron chi connectivity index (χ2n) is 5.39. The van der Waals surface area contributed by atoms with E-state index in [9.17, 15) is 9.59 Å². The van der Waals surface area contributed by atoms with Gasteiger partial charge in [-0.25, -0.2) is 4.79 Å². The summed E-state index contributed by atoms with van der Waals surface area (Å²) in [6.07, 6.45) is 7.59. The van der Waals surface area contributed by atoms with E-state index in [1.54, 1.807) is 24.1 Å². The molecule has 0 bridgehead atoms. The number of amides is 2. The van der Waals surface area contributed by atoms with E-state index < -0.39 is 11.5 Å². The normalized spacial score (nSPS) is 17.4. The van der Waals surface area contributed by atoms with E-state index in [0.717, 1.165) is 19.3 Å². The number of aryl methyl sites for hydroxylation is 1. The van der Waals surface area contributed by atoms with Crippen molar-refractivity contribution in [1.82, 2.24) is 15.1 Å². The maximum atomic E-state index is 12.0. The number of anilines is 1. The van der Waals surface area contributed by atoms with Crippen LogP contribution in [0.4, 0.5) is 10.5 Å². The Morgan fingerprint density at radius 2 is 2.10 bits per heavy atom. The van der Waals surface area contributed by atoms with Crippen molar-refractivity contribution in [1.29, 1.82) is 0 Å². The third-order valence-electron chi connectivity index (χ3n) is 3.64. The highest BCUT2D eigenvalue weighted by Crippen LogP contribution is 2.31. The highest BCUT2D eigenvalue weighted by Gasteiger charge is 2.35. The molecule has 1 fully saturated rings. The van der Waals surface area contributed by atoms with Crippen LogP contribution in [0.3, 0.4) is 0 Å². The summed E-state index contributed by atoms with van der Waals surface area (Å²) < 4.78 is 1.59. The number of carboxylic acids is 1. The van der Waals surface area contributed by atoms with Crippen LogP contribution >= 0.6 is 0 Å². The van der Waals surface area contributed by atoms with Crippen LogP contribution in [0.15, 0.2) is 12.4 Å². The molecule has 1 aromatic heterocycles. The SMILES string of the molecule is Cn1cc(NC(=O)NC2(CC(=O)O)CCCCC2)cn1. The topological polar surface area (TPSA) is 96.2 Å². The molecule has 0 aromatic carbocycles. The van der Waals surface area contributed by atoms with Crippen molar-refractivity contribution in [3.63, 3.8) is 0 Å². The fourth-order valence-electron chi connectivity index (χ4n) is 2.75. The molecule has 7 heteroatoms. The van der Waals surface area contributed by atoms with E-state index in [0.29, 0.717) is 18.5 Å². The minimum atomic E-state index is -0.881. The minimum Gasteiger partial charge on any atom is -0.481 e. The Bertz CT molecular complexity index is 492. The highest BCUT2D eigenvalue weighted by molar-refractivity contribution is 5.89. The van der Waals surface area contributed by atoms with Crippen molar-refractivity contribution in [3.05, 3.63) is 12.4 Å². The number of nitrogens with zero attached hydrogens (tertiary/aromatic N) is 2. The molecule has 7 nitrogen and oxygen atoms in total. The fraction of sp³-hybridized carbons (Fsp3) is 0.615. The van der Waals surface area contributed by atoms with E-state index in [1.807, 2.05) is 0 Å². The van der Waals surface area contributed by atoms with Crippen molar-refractivity contribution >= 4 is 17.7 Å². The molecule has 2 rings (SSSR count). The third-order valence-corrected chi connectivity index (χ3v) is 3.64. The van der Waals surface area contributed by atoms with Gasteiger partial charge in [0, 0.05) is 13.2 Å². The zero-order valence-corrected chi connectivity index (χ0v) is 11.6. The lowest BCUT2D eigenvalue weighted by Crippen LogP contribution is -2.52. The number of aromatic nitrogens is 2. The van der Waals surface area contributed by atoms with Crippen molar-refractivity contribution in [3.8, 4) is 0 Å². The van der Waals surface area contributed by atoms with E-state index >= 15 is 0 Å². The lowest BCUT2D eigenvalue weighted by Gasteiger charge is -2.36. The zero-order chi connectivity index (χ0) is 14.6. The number of carbonyl (C=O) groups excluding carboxylic acids is 1. The Morgan fingerprint density at radius 3 is 2.65 bits per heavy atom. The largest absolute Gasteiger partial charge is 0.481 e. The van der Waals surface area contributed by atoms with Gasteiger partial charge < -0.3 is 15.7 Å². The fourth-order valence-corrected chi connectivity index (χ4v) is 2.75. The van der Waals surface area contributed by atoms with Gasteiger partial charge in [-0.3, -0.25) is 9.48 Å². The van der Waals surface area contributed by atoms with Gasteiger partial charge in [0.2, 0.25) is 0 Å². The molecule has 1 aliphatic rings. The number of carboxylic acid groups (broad SMARTS) is 1. The van der Waals surface area contributed by atoms with E-state index in [4.69, 9.17) is 5.11 Å². The maximum absolute atomic E-state index is 12.0. The quantitative estimate of drug-likeness (QED) is 0.782. The second kappa shape index (κ2) is 5.94. The monoisotopic (exact) mass is 280 g/mol. The molecule has 0 radical (unpaired) electrons. The molecule has 2 amide bonds. The molecule has 0 spiro atoms. The van der Waals surface area contributed by atoms with Gasteiger partial charge in [-0.15, -0.1) is 0 Å². The molecule has 20 heavy (non-hydrogen) atoms. The van der Waals surface area contributed by atoms with E-state index in [-0.39, 0.29) is 12.5 Å². The van der Waals surface area contributed by atoms with Crippen molar-refractivity contribution in [2.45, 2.75) is 44.1 Å². The predicted molar refractivity (Wildman–Crippen MR) is 73.4 cm³/mol. The molecule has 0 aliphatic heterocycles. The number of hydrogen-bond acceptors (Lipinski definition) is 3. The van der Waals surface area contributed by atoms with Crippen LogP contribution in [0, 0.1) is 0 Å². The standard InChI is InChI=1S/C13H20N4O3/c1-17-9-10(8-14-17)15-12(20)16-13(7-11(18)19)5-3-2-4-6-13/h8-9H,2-7H2,1H3,(H,18,19)(H2,15,16,20). The number of carbonyl (C=O) groups is 2. The lowest BCUT2D eigenvalue weighted by molar-refractivity contribution is -0.138. The summed E-state index contributed by atoms with van der Waals surface area (Å²) in [4.78, 5) is 23.1. The summed E-state index contributed by atoms with van der Waals surface area (Å²) in [5, 5.41) is 18.5. The number of rotatable bonds is 4. The molecule has 3 N–H and O–H groups in total. The van der Waals surface area contributed by atoms with Crippen LogP contribution in [0.5, 0.6) is 0 Å². The molecule has 110 valence electrons. The maximum Gasteiger partial charge on any atom is 0.319 e. The Hall–Kier alpha value is -2.05. The first-order valence-electron chi connectivity index (χ1n) is 6.79.